The maximum Gasteiger partial charge on any atom is 0 e. The predicted octanol–water partition coefficient (Wildman–Crippen LogP) is 0.721. The molecule has 0 spiro atoms. The van der Waals surface area contributed by atoms with E-state index in [2.05, 4.69) is 12.3 Å². The number of hydrogen-bond donors (Lipinski definition) is 0. The van der Waals surface area contributed by atoms with Crippen LogP contribution in [0.5, 0.6) is 0 Å². The standard InChI is InChI=1S/C3H4.C/c1-3-2;/h1H,2H3;. The van der Waals surface area contributed by atoms with Crippen LogP contribution in [0.15, 0.2) is 0 Å². The van der Waals surface area contributed by atoms with E-state index in [1.807, 2.05) is 0 Å². The van der Waals surface area contributed by atoms with Gasteiger partial charge in [0, 0.05) is 7.43 Å². The van der Waals surface area contributed by atoms with Gasteiger partial charge in [-0.3, -0.25) is 0 Å². The van der Waals surface area contributed by atoms with Gasteiger partial charge in [-0.25, -0.2) is 0 Å². The summed E-state index contributed by atoms with van der Waals surface area (Å²) in [6.45, 7) is 1.65. The van der Waals surface area contributed by atoms with Gasteiger partial charge in [-0.05, 0) is 6.92 Å². The molecular weight excluding hydrogens is 48.0 g/mol. The minimum absolute atomic E-state index is 0. The highest BCUT2D eigenvalue weighted by molar-refractivity contribution is 4.73. The van der Waals surface area contributed by atoms with E-state index in [4.69, 9.17) is 0 Å². The third-order valence-corrected chi connectivity index (χ3v) is 0. The van der Waals surface area contributed by atoms with Gasteiger partial charge in [-0.2, -0.15) is 0 Å². The maximum absolute atomic E-state index is 4.60. The summed E-state index contributed by atoms with van der Waals surface area (Å²) in [6.07, 6.45) is 4.60. The zero-order valence-corrected chi connectivity index (χ0v) is 2.58. The van der Waals surface area contributed by atoms with Crippen molar-refractivity contribution in [3.05, 3.63) is 7.43 Å². The molecule has 0 rings (SSSR count). The van der Waals surface area contributed by atoms with E-state index in [1.165, 1.54) is 0 Å². The molecule has 0 fully saturated rings. The molecule has 0 aromatic carbocycles. The van der Waals surface area contributed by atoms with Crippen LogP contribution in [0, 0.1) is 19.8 Å². The van der Waals surface area contributed by atoms with Crippen molar-refractivity contribution in [2.45, 2.75) is 6.92 Å². The second-order valence-corrected chi connectivity index (χ2v) is 0.289. The van der Waals surface area contributed by atoms with Crippen molar-refractivity contribution in [3.63, 3.8) is 0 Å². The minimum Gasteiger partial charge on any atom is -0.120 e. The maximum atomic E-state index is 4.60. The van der Waals surface area contributed by atoms with E-state index in [0.717, 1.165) is 0 Å². The largest absolute Gasteiger partial charge is 0.120 e. The van der Waals surface area contributed by atoms with Gasteiger partial charge in [-0.1, -0.05) is 0 Å². The second kappa shape index (κ2) is 19.9. The summed E-state index contributed by atoms with van der Waals surface area (Å²) in [6, 6.07) is 0. The zero-order valence-electron chi connectivity index (χ0n) is 2.58. The molecule has 4 radical (unpaired) electrons. The van der Waals surface area contributed by atoms with Gasteiger partial charge in [0.15, 0.2) is 0 Å². The van der Waals surface area contributed by atoms with Gasteiger partial charge in [0.2, 0.25) is 0 Å². The van der Waals surface area contributed by atoms with Crippen LogP contribution in [0.1, 0.15) is 6.92 Å². The summed E-state index contributed by atoms with van der Waals surface area (Å²) >= 11 is 0. The van der Waals surface area contributed by atoms with Crippen molar-refractivity contribution in [3.8, 4) is 12.3 Å². The molecule has 4 heavy (non-hydrogen) atoms. The fourth-order valence-electron chi connectivity index (χ4n) is 0. The van der Waals surface area contributed by atoms with Gasteiger partial charge < -0.3 is 0 Å². The zero-order chi connectivity index (χ0) is 2.71. The van der Waals surface area contributed by atoms with Crippen LogP contribution in [0.25, 0.3) is 0 Å². The molecule has 0 N–H and O–H groups in total. The first-order valence-electron chi connectivity index (χ1n) is 0.789. The van der Waals surface area contributed by atoms with E-state index in [1.54, 1.807) is 6.92 Å². The highest BCUT2D eigenvalue weighted by Crippen LogP contribution is 1.21. The molecule has 0 atom stereocenters. The quantitative estimate of drug-likeness (QED) is 0.356. The second-order valence-electron chi connectivity index (χ2n) is 0.289. The average molecular weight is 52.1 g/mol. The molecule has 0 aliphatic heterocycles. The Morgan fingerprint density at radius 3 is 1.75 bits per heavy atom. The molecule has 0 unspecified atom stereocenters. The van der Waals surface area contributed by atoms with E-state index in [-0.39, 0.29) is 7.43 Å². The van der Waals surface area contributed by atoms with Crippen molar-refractivity contribution < 1.29 is 0 Å². The lowest BCUT2D eigenvalue weighted by Gasteiger charge is -1.23. The third kappa shape index (κ3) is 2.53. The Balaban J connectivity index is 0. The predicted molar refractivity (Wildman–Crippen MR) is 17.8 cm³/mol. The van der Waals surface area contributed by atoms with Crippen LogP contribution in [-0.4, -0.2) is 0 Å². The van der Waals surface area contributed by atoms with Crippen molar-refractivity contribution in [2.24, 2.45) is 0 Å². The molecule has 20 valence electrons. The van der Waals surface area contributed by atoms with E-state index in [0.29, 0.717) is 0 Å². The van der Waals surface area contributed by atoms with Crippen LogP contribution < -0.4 is 0 Å². The molecule has 0 bridgehead atoms. The fraction of sp³-hybridized carbons (Fsp3) is 0.250. The highest BCUT2D eigenvalue weighted by Gasteiger charge is 1.09. The summed E-state index contributed by atoms with van der Waals surface area (Å²) in [5.41, 5.74) is 0. The molecule has 0 saturated heterocycles. The lowest BCUT2D eigenvalue weighted by molar-refractivity contribution is 1.94. The van der Waals surface area contributed by atoms with Crippen molar-refractivity contribution in [1.82, 2.24) is 0 Å². The number of rotatable bonds is 0. The number of hydrogen-bond acceptors (Lipinski definition) is 0. The molecule has 0 heterocycles. The van der Waals surface area contributed by atoms with E-state index >= 15 is 0 Å². The molecule has 0 aliphatic rings. The topological polar surface area (TPSA) is 0 Å². The first kappa shape index (κ1) is 9.59. The molecule has 0 aromatic heterocycles. The van der Waals surface area contributed by atoms with E-state index in [9.17, 15) is 0 Å². The number of terminal acetylenes is 1. The average Bonchev–Trinajstić information content (AvgIpc) is 0.918. The van der Waals surface area contributed by atoms with Gasteiger partial charge >= 0.3 is 0 Å². The Kier molecular flexibility index (Phi) is 47.6. The molecule has 0 saturated carbocycles. The lowest BCUT2D eigenvalue weighted by Crippen LogP contribution is -1.10. The van der Waals surface area contributed by atoms with Gasteiger partial charge in [0.1, 0.15) is 0 Å². The van der Waals surface area contributed by atoms with Gasteiger partial charge in [0.05, 0.1) is 0 Å². The van der Waals surface area contributed by atoms with Crippen LogP contribution in [-0.2, 0) is 0 Å². The molecule has 0 aliphatic carbocycles. The molecule has 0 amide bonds. The van der Waals surface area contributed by atoms with Crippen molar-refractivity contribution in [2.75, 3.05) is 0 Å². The van der Waals surface area contributed by atoms with Crippen LogP contribution in [0.2, 0.25) is 0 Å². The summed E-state index contributed by atoms with van der Waals surface area (Å²) in [4.78, 5) is 0. The SMILES string of the molecule is C#CC.[C]. The Hall–Kier alpha value is -0.440. The normalized spacial score (nSPS) is 2.00. The molecular formula is C4H4. The Morgan fingerprint density at radius 2 is 1.75 bits per heavy atom. The van der Waals surface area contributed by atoms with Gasteiger partial charge in [0.25, 0.3) is 0 Å². The lowest BCUT2D eigenvalue weighted by atomic mass is 10.9. The Bertz CT molecular complexity index is 21.5. The molecule has 0 nitrogen and oxygen atoms in total. The minimum atomic E-state index is 0. The summed E-state index contributed by atoms with van der Waals surface area (Å²) in [5, 5.41) is 0. The summed E-state index contributed by atoms with van der Waals surface area (Å²) in [5.74, 6) is 2.25. The smallest absolute Gasteiger partial charge is 0 e. The first-order valence-corrected chi connectivity index (χ1v) is 0.789. The monoisotopic (exact) mass is 52.0 g/mol. The highest BCUT2D eigenvalue weighted by atomic mass is 13.2. The van der Waals surface area contributed by atoms with Crippen molar-refractivity contribution in [1.29, 1.82) is 0 Å². The first-order chi connectivity index (χ1) is 1.41. The Labute approximate surface area is 27.8 Å². The third-order valence-electron chi connectivity index (χ3n) is 0. The van der Waals surface area contributed by atoms with Crippen LogP contribution in [0.3, 0.4) is 0 Å². The van der Waals surface area contributed by atoms with Crippen molar-refractivity contribution >= 4 is 0 Å². The summed E-state index contributed by atoms with van der Waals surface area (Å²) < 4.78 is 0. The fourth-order valence-corrected chi connectivity index (χ4v) is 0. The molecule has 0 heteroatoms. The van der Waals surface area contributed by atoms with Gasteiger partial charge in [-0.15, -0.1) is 12.3 Å². The van der Waals surface area contributed by atoms with Crippen LogP contribution >= 0.6 is 0 Å². The van der Waals surface area contributed by atoms with Crippen LogP contribution in [0.4, 0.5) is 0 Å². The van der Waals surface area contributed by atoms with E-state index < -0.39 is 0 Å². The molecule has 0 aromatic rings. The Morgan fingerprint density at radius 1 is 1.75 bits per heavy atom. The summed E-state index contributed by atoms with van der Waals surface area (Å²) in [7, 11) is 0.